The monoisotopic (exact) mass is 368 g/mol. The highest BCUT2D eigenvalue weighted by Gasteiger charge is 2.21. The van der Waals surface area contributed by atoms with Gasteiger partial charge in [0.25, 0.3) is 11.8 Å². The maximum absolute atomic E-state index is 13.7. The summed E-state index contributed by atoms with van der Waals surface area (Å²) >= 11 is 0. The van der Waals surface area contributed by atoms with Crippen LogP contribution in [0.15, 0.2) is 48.7 Å². The molecular weight excluding hydrogens is 347 g/mol. The summed E-state index contributed by atoms with van der Waals surface area (Å²) < 4.78 is 15.3. The smallest absolute Gasteiger partial charge is 0.287 e. The molecule has 0 saturated heterocycles. The molecule has 0 aliphatic heterocycles. The Morgan fingerprint density at radius 2 is 1.85 bits per heavy atom. The number of carbonyl (C=O) groups is 2. The second kappa shape index (κ2) is 8.44. The third-order valence-corrected chi connectivity index (χ3v) is 4.18. The largest absolute Gasteiger partial charge is 0.349 e. The lowest BCUT2D eigenvalue weighted by Gasteiger charge is -2.05. The van der Waals surface area contributed by atoms with Gasteiger partial charge in [-0.15, -0.1) is 0 Å². The number of rotatable bonds is 7. The van der Waals surface area contributed by atoms with E-state index in [1.54, 1.807) is 47.0 Å². The van der Waals surface area contributed by atoms with Crippen molar-refractivity contribution in [3.05, 3.63) is 71.6 Å². The van der Waals surface area contributed by atoms with E-state index in [1.165, 1.54) is 6.07 Å². The minimum absolute atomic E-state index is 0.0371. The van der Waals surface area contributed by atoms with Gasteiger partial charge < -0.3 is 10.6 Å². The third kappa shape index (κ3) is 4.13. The summed E-state index contributed by atoms with van der Waals surface area (Å²) in [5.74, 6) is -1.03. The molecule has 6 nitrogen and oxygen atoms in total. The van der Waals surface area contributed by atoms with Crippen LogP contribution in [0.3, 0.4) is 0 Å². The van der Waals surface area contributed by atoms with E-state index in [-0.39, 0.29) is 29.8 Å². The molecule has 2 aromatic heterocycles. The molecule has 7 heteroatoms. The predicted molar refractivity (Wildman–Crippen MR) is 100 cm³/mol. The number of hydrogen-bond donors (Lipinski definition) is 2. The summed E-state index contributed by atoms with van der Waals surface area (Å²) in [5, 5.41) is 5.47. The second-order valence-corrected chi connectivity index (χ2v) is 6.12. The number of pyridine rings is 1. The van der Waals surface area contributed by atoms with Crippen molar-refractivity contribution in [2.24, 2.45) is 0 Å². The number of benzene rings is 1. The molecule has 2 heterocycles. The van der Waals surface area contributed by atoms with Gasteiger partial charge in [0.1, 0.15) is 5.82 Å². The van der Waals surface area contributed by atoms with E-state index in [0.717, 1.165) is 12.8 Å². The number of carbonyl (C=O) groups excluding carboxylic acids is 2. The molecule has 0 aliphatic carbocycles. The lowest BCUT2D eigenvalue weighted by atomic mass is 10.2. The van der Waals surface area contributed by atoms with E-state index in [9.17, 15) is 14.0 Å². The van der Waals surface area contributed by atoms with E-state index >= 15 is 0 Å². The lowest BCUT2D eigenvalue weighted by Crippen LogP contribution is -2.27. The van der Waals surface area contributed by atoms with E-state index in [4.69, 9.17) is 0 Å². The quantitative estimate of drug-likeness (QED) is 0.630. The number of imidazole rings is 1. The maximum Gasteiger partial charge on any atom is 0.287 e. The number of aromatic nitrogens is 2. The second-order valence-electron chi connectivity index (χ2n) is 6.12. The predicted octanol–water partition coefficient (Wildman–Crippen LogP) is 2.93. The molecule has 1 aromatic carbocycles. The van der Waals surface area contributed by atoms with Gasteiger partial charge in [-0.05, 0) is 24.6 Å². The number of nitrogens with one attached hydrogen (secondary N) is 2. The highest BCUT2D eigenvalue weighted by molar-refractivity contribution is 6.02. The highest BCUT2D eigenvalue weighted by atomic mass is 19.1. The Morgan fingerprint density at radius 1 is 1.07 bits per heavy atom. The SMILES string of the molecule is CCCCNC(=O)c1nc(C(=O)NCc2ccccc2F)c2ccccn12. The van der Waals surface area contributed by atoms with Crippen LogP contribution in [0.25, 0.3) is 5.52 Å². The summed E-state index contributed by atoms with van der Waals surface area (Å²) in [4.78, 5) is 29.3. The van der Waals surface area contributed by atoms with Gasteiger partial charge in [0.2, 0.25) is 5.82 Å². The normalized spacial score (nSPS) is 10.7. The van der Waals surface area contributed by atoms with Gasteiger partial charge in [-0.1, -0.05) is 37.6 Å². The van der Waals surface area contributed by atoms with Gasteiger partial charge in [0, 0.05) is 24.8 Å². The van der Waals surface area contributed by atoms with Crippen LogP contribution in [0.2, 0.25) is 0 Å². The molecule has 27 heavy (non-hydrogen) atoms. The van der Waals surface area contributed by atoms with Gasteiger partial charge in [-0.25, -0.2) is 9.37 Å². The number of unbranched alkanes of at least 4 members (excludes halogenated alkanes) is 1. The van der Waals surface area contributed by atoms with Crippen LogP contribution in [0.5, 0.6) is 0 Å². The first kappa shape index (κ1) is 18.6. The molecule has 0 atom stereocenters. The molecule has 0 bridgehead atoms. The highest BCUT2D eigenvalue weighted by Crippen LogP contribution is 2.14. The zero-order valence-electron chi connectivity index (χ0n) is 15.0. The number of amides is 2. The summed E-state index contributed by atoms with van der Waals surface area (Å²) in [6.45, 7) is 2.62. The minimum Gasteiger partial charge on any atom is -0.349 e. The van der Waals surface area contributed by atoms with Crippen molar-refractivity contribution in [3.8, 4) is 0 Å². The fourth-order valence-electron chi connectivity index (χ4n) is 2.72. The molecule has 0 spiro atoms. The molecule has 140 valence electrons. The average molecular weight is 368 g/mol. The fraction of sp³-hybridized carbons (Fsp3) is 0.250. The van der Waals surface area contributed by atoms with Gasteiger partial charge in [0.15, 0.2) is 5.69 Å². The summed E-state index contributed by atoms with van der Waals surface area (Å²) in [7, 11) is 0. The molecule has 3 rings (SSSR count). The number of hydrogen-bond acceptors (Lipinski definition) is 3. The molecule has 0 unspecified atom stereocenters. The molecule has 0 aliphatic rings. The van der Waals surface area contributed by atoms with Gasteiger partial charge in [-0.3, -0.25) is 14.0 Å². The van der Waals surface area contributed by atoms with E-state index < -0.39 is 5.91 Å². The van der Waals surface area contributed by atoms with Crippen molar-refractivity contribution in [2.75, 3.05) is 6.54 Å². The third-order valence-electron chi connectivity index (χ3n) is 4.18. The molecule has 2 amide bonds. The molecule has 0 fully saturated rings. The van der Waals surface area contributed by atoms with E-state index in [0.29, 0.717) is 17.6 Å². The topological polar surface area (TPSA) is 75.5 Å². The Morgan fingerprint density at radius 3 is 2.63 bits per heavy atom. The number of halogens is 1. The first-order valence-electron chi connectivity index (χ1n) is 8.88. The van der Waals surface area contributed by atoms with Crippen molar-refractivity contribution in [1.82, 2.24) is 20.0 Å². The van der Waals surface area contributed by atoms with Crippen LogP contribution in [-0.2, 0) is 6.54 Å². The van der Waals surface area contributed by atoms with Crippen molar-refractivity contribution in [2.45, 2.75) is 26.3 Å². The van der Waals surface area contributed by atoms with Crippen molar-refractivity contribution in [3.63, 3.8) is 0 Å². The van der Waals surface area contributed by atoms with Crippen LogP contribution in [-0.4, -0.2) is 27.7 Å². The summed E-state index contributed by atoms with van der Waals surface area (Å²) in [6, 6.07) is 11.5. The van der Waals surface area contributed by atoms with E-state index in [2.05, 4.69) is 15.6 Å². The minimum atomic E-state index is -0.463. The molecule has 2 N–H and O–H groups in total. The number of nitrogens with zero attached hydrogens (tertiary/aromatic N) is 2. The van der Waals surface area contributed by atoms with Crippen molar-refractivity contribution >= 4 is 17.3 Å². The van der Waals surface area contributed by atoms with Crippen LogP contribution >= 0.6 is 0 Å². The zero-order chi connectivity index (χ0) is 19.2. The van der Waals surface area contributed by atoms with Gasteiger partial charge >= 0.3 is 0 Å². The Balaban J connectivity index is 1.82. The van der Waals surface area contributed by atoms with Gasteiger partial charge in [-0.2, -0.15) is 0 Å². The van der Waals surface area contributed by atoms with Crippen molar-refractivity contribution < 1.29 is 14.0 Å². The fourth-order valence-corrected chi connectivity index (χ4v) is 2.72. The Hall–Kier alpha value is -3.22. The first-order valence-corrected chi connectivity index (χ1v) is 8.88. The Bertz CT molecular complexity index is 968. The van der Waals surface area contributed by atoms with Crippen LogP contribution in [0.4, 0.5) is 4.39 Å². The average Bonchev–Trinajstić information content (AvgIpc) is 3.07. The Labute approximate surface area is 156 Å². The van der Waals surface area contributed by atoms with Crippen LogP contribution < -0.4 is 10.6 Å². The summed E-state index contributed by atoms with van der Waals surface area (Å²) in [6.07, 6.45) is 3.52. The molecular formula is C20H21FN4O2. The van der Waals surface area contributed by atoms with Gasteiger partial charge in [0.05, 0.1) is 5.52 Å². The van der Waals surface area contributed by atoms with Crippen LogP contribution in [0, 0.1) is 5.82 Å². The number of fused-ring (bicyclic) bond motifs is 1. The maximum atomic E-state index is 13.7. The lowest BCUT2D eigenvalue weighted by molar-refractivity contribution is 0.0942. The Kier molecular flexibility index (Phi) is 5.80. The first-order chi connectivity index (χ1) is 13.1. The zero-order valence-corrected chi connectivity index (χ0v) is 15.0. The summed E-state index contributed by atoms with van der Waals surface area (Å²) in [5.41, 5.74) is 1.03. The molecule has 0 radical (unpaired) electrons. The standard InChI is InChI=1S/C20H21FN4O2/c1-2-3-11-22-20(27)18-24-17(16-10-6-7-12-25(16)18)19(26)23-13-14-8-4-5-9-15(14)21/h4-10,12H,2-3,11,13H2,1H3,(H,22,27)(H,23,26). The molecule has 3 aromatic rings. The van der Waals surface area contributed by atoms with E-state index in [1.807, 2.05) is 6.92 Å². The van der Waals surface area contributed by atoms with Crippen LogP contribution in [0.1, 0.15) is 46.4 Å². The van der Waals surface area contributed by atoms with Crippen molar-refractivity contribution in [1.29, 1.82) is 0 Å². The molecule has 0 saturated carbocycles.